The molecule has 24 heavy (non-hydrogen) atoms. The van der Waals surface area contributed by atoms with Gasteiger partial charge in [-0.25, -0.2) is 0 Å². The second-order valence-electron chi connectivity index (χ2n) is 7.52. The largest absolute Gasteiger partial charge is 0.504 e. The van der Waals surface area contributed by atoms with Crippen molar-refractivity contribution in [1.82, 2.24) is 4.90 Å². The summed E-state index contributed by atoms with van der Waals surface area (Å²) in [5.74, 6) is 1.21. The number of carbonyl (C=O) groups excluding carboxylic acids is 1. The van der Waals surface area contributed by atoms with Gasteiger partial charge in [0.15, 0.2) is 17.3 Å². The normalized spacial score (nSPS) is 35.3. The molecule has 3 aliphatic rings. The van der Waals surface area contributed by atoms with Gasteiger partial charge in [0, 0.05) is 30.6 Å². The summed E-state index contributed by atoms with van der Waals surface area (Å²) in [6, 6.07) is 4.29. The van der Waals surface area contributed by atoms with Crippen molar-refractivity contribution >= 4 is 5.78 Å². The number of hydrogen-bond acceptors (Lipinski definition) is 5. The predicted molar refractivity (Wildman–Crippen MR) is 89.6 cm³/mol. The van der Waals surface area contributed by atoms with Gasteiger partial charge in [0.2, 0.25) is 0 Å². The molecule has 2 aliphatic carbocycles. The highest BCUT2D eigenvalue weighted by Crippen LogP contribution is 2.58. The number of likely N-dealkylation sites (N-methyl/N-ethyl adjacent to an activating group) is 1. The fourth-order valence-corrected chi connectivity index (χ4v) is 5.45. The lowest BCUT2D eigenvalue weighted by Gasteiger charge is -2.58. The Balaban J connectivity index is 1.91. The maximum Gasteiger partial charge on any atom is 0.162 e. The number of nitrogens with zero attached hydrogens (tertiary/aromatic N) is 1. The van der Waals surface area contributed by atoms with Crippen molar-refractivity contribution < 1.29 is 19.4 Å². The molecule has 0 aromatic heterocycles. The standard InChI is InChI=1S/C19H25NO4/c1-20-7-6-19-10-14(21)16(24-3)9-12(19)13(20)8-11-4-5-15(23-2)18(22)17(11)19/h4-5,12-13,16,22H,6-10H2,1-3H3/t12-,13+,16?,19-/m1/s1. The van der Waals surface area contributed by atoms with Crippen LogP contribution in [0.4, 0.5) is 0 Å². The zero-order valence-electron chi connectivity index (χ0n) is 14.5. The quantitative estimate of drug-likeness (QED) is 0.897. The predicted octanol–water partition coefficient (Wildman–Crippen LogP) is 1.89. The van der Waals surface area contributed by atoms with E-state index in [1.54, 1.807) is 14.2 Å². The van der Waals surface area contributed by atoms with Crippen molar-refractivity contribution in [3.05, 3.63) is 23.3 Å². The van der Waals surface area contributed by atoms with Gasteiger partial charge in [-0.2, -0.15) is 0 Å². The van der Waals surface area contributed by atoms with E-state index in [-0.39, 0.29) is 23.1 Å². The van der Waals surface area contributed by atoms with Gasteiger partial charge in [0.05, 0.1) is 7.11 Å². The lowest BCUT2D eigenvalue weighted by atomic mass is 9.51. The van der Waals surface area contributed by atoms with Crippen LogP contribution in [-0.2, 0) is 21.4 Å². The number of carbonyl (C=O) groups is 1. The van der Waals surface area contributed by atoms with E-state index >= 15 is 0 Å². The second-order valence-corrected chi connectivity index (χ2v) is 7.52. The Bertz CT molecular complexity index is 688. The molecule has 0 radical (unpaired) electrons. The van der Waals surface area contributed by atoms with Crippen LogP contribution in [0.15, 0.2) is 12.1 Å². The summed E-state index contributed by atoms with van der Waals surface area (Å²) in [4.78, 5) is 15.1. The molecule has 1 aliphatic heterocycles. The minimum absolute atomic E-state index is 0.159. The Kier molecular flexibility index (Phi) is 3.62. The molecule has 5 heteroatoms. The second kappa shape index (κ2) is 5.46. The molecule has 1 aromatic carbocycles. The van der Waals surface area contributed by atoms with E-state index in [9.17, 15) is 9.90 Å². The summed E-state index contributed by atoms with van der Waals surface area (Å²) in [6.45, 7) is 0.947. The number of rotatable bonds is 2. The van der Waals surface area contributed by atoms with E-state index in [1.807, 2.05) is 6.07 Å². The molecule has 2 fully saturated rings. The van der Waals surface area contributed by atoms with Crippen LogP contribution in [0.5, 0.6) is 11.5 Å². The Morgan fingerprint density at radius 3 is 2.83 bits per heavy atom. The molecule has 130 valence electrons. The molecule has 4 atom stereocenters. The average Bonchev–Trinajstić information content (AvgIpc) is 2.57. The molecule has 1 unspecified atom stereocenters. The first-order chi connectivity index (χ1) is 11.5. The number of benzene rings is 1. The van der Waals surface area contributed by atoms with E-state index < -0.39 is 0 Å². The topological polar surface area (TPSA) is 59.0 Å². The fourth-order valence-electron chi connectivity index (χ4n) is 5.45. The summed E-state index contributed by atoms with van der Waals surface area (Å²) in [5, 5.41) is 10.9. The summed E-state index contributed by atoms with van der Waals surface area (Å²) >= 11 is 0. The highest BCUT2D eigenvalue weighted by atomic mass is 16.5. The number of Topliss-reactive ketones (excluding diaryl/α,β-unsaturated/α-hetero) is 1. The molecule has 1 heterocycles. The van der Waals surface area contributed by atoms with Crippen LogP contribution in [0.25, 0.3) is 0 Å². The molecular formula is C19H25NO4. The molecule has 4 rings (SSSR count). The number of ether oxygens (including phenoxy) is 2. The average molecular weight is 331 g/mol. The van der Waals surface area contributed by atoms with Gasteiger partial charge in [-0.3, -0.25) is 4.79 Å². The summed E-state index contributed by atoms with van der Waals surface area (Å²) < 4.78 is 10.8. The van der Waals surface area contributed by atoms with Crippen molar-refractivity contribution in [1.29, 1.82) is 0 Å². The number of ketones is 1. The van der Waals surface area contributed by atoms with Gasteiger partial charge in [-0.15, -0.1) is 0 Å². The van der Waals surface area contributed by atoms with Crippen LogP contribution in [-0.4, -0.2) is 55.7 Å². The molecule has 0 spiro atoms. The number of likely N-dealkylation sites (tertiary alicyclic amines) is 1. The maximum atomic E-state index is 12.7. The monoisotopic (exact) mass is 331 g/mol. The lowest BCUT2D eigenvalue weighted by molar-refractivity contribution is -0.141. The van der Waals surface area contributed by atoms with Crippen molar-refractivity contribution in [2.24, 2.45) is 5.92 Å². The van der Waals surface area contributed by atoms with Gasteiger partial charge in [-0.05, 0) is 50.4 Å². The Morgan fingerprint density at radius 1 is 1.33 bits per heavy atom. The first-order valence-corrected chi connectivity index (χ1v) is 8.67. The molecule has 1 saturated heterocycles. The number of aromatic hydroxyl groups is 1. The number of phenolic OH excluding ortho intramolecular Hbond substituents is 1. The number of hydrogen-bond donors (Lipinski definition) is 1. The third-order valence-corrected chi connectivity index (χ3v) is 6.63. The van der Waals surface area contributed by atoms with Crippen LogP contribution in [0.3, 0.4) is 0 Å². The molecule has 1 N–H and O–H groups in total. The molecule has 0 amide bonds. The van der Waals surface area contributed by atoms with Crippen molar-refractivity contribution in [3.63, 3.8) is 0 Å². The maximum absolute atomic E-state index is 12.7. The van der Waals surface area contributed by atoms with Gasteiger partial charge < -0.3 is 19.5 Å². The first kappa shape index (κ1) is 15.9. The smallest absolute Gasteiger partial charge is 0.162 e. The number of piperidine rings is 1. The molecule has 5 nitrogen and oxygen atoms in total. The fraction of sp³-hybridized carbons (Fsp3) is 0.632. The Labute approximate surface area is 142 Å². The van der Waals surface area contributed by atoms with Crippen LogP contribution in [0, 0.1) is 5.92 Å². The van der Waals surface area contributed by atoms with Gasteiger partial charge in [-0.1, -0.05) is 6.07 Å². The van der Waals surface area contributed by atoms with Crippen molar-refractivity contribution in [2.75, 3.05) is 27.8 Å². The van der Waals surface area contributed by atoms with E-state index in [2.05, 4.69) is 18.0 Å². The van der Waals surface area contributed by atoms with E-state index in [1.165, 1.54) is 0 Å². The minimum atomic E-state index is -0.313. The number of fused-ring (bicyclic) bond motifs is 1. The SMILES string of the molecule is COc1ccc2c(c1O)[C@@]13CCN(C)[C@@H](C2)[C@H]1CC(OC)C(=O)C3. The first-order valence-electron chi connectivity index (χ1n) is 8.67. The highest BCUT2D eigenvalue weighted by Gasteiger charge is 2.58. The van der Waals surface area contributed by atoms with Crippen molar-refractivity contribution in [3.8, 4) is 11.5 Å². The van der Waals surface area contributed by atoms with E-state index in [0.717, 1.165) is 36.9 Å². The molecule has 1 aromatic rings. The molecule has 2 bridgehead atoms. The highest BCUT2D eigenvalue weighted by molar-refractivity contribution is 5.86. The summed E-state index contributed by atoms with van der Waals surface area (Å²) in [5.41, 5.74) is 1.83. The molecule has 1 saturated carbocycles. The lowest BCUT2D eigenvalue weighted by Crippen LogP contribution is -2.63. The van der Waals surface area contributed by atoms with Crippen LogP contribution >= 0.6 is 0 Å². The van der Waals surface area contributed by atoms with Gasteiger partial charge in [0.1, 0.15) is 6.10 Å². The van der Waals surface area contributed by atoms with E-state index in [4.69, 9.17) is 9.47 Å². The van der Waals surface area contributed by atoms with Crippen LogP contribution in [0.2, 0.25) is 0 Å². The number of methoxy groups -OCH3 is 2. The number of phenols is 1. The third kappa shape index (κ3) is 1.97. The van der Waals surface area contributed by atoms with Gasteiger partial charge >= 0.3 is 0 Å². The summed E-state index contributed by atoms with van der Waals surface area (Å²) in [7, 11) is 5.36. The minimum Gasteiger partial charge on any atom is -0.504 e. The van der Waals surface area contributed by atoms with E-state index in [0.29, 0.717) is 24.1 Å². The van der Waals surface area contributed by atoms with Crippen LogP contribution < -0.4 is 4.74 Å². The molecular weight excluding hydrogens is 306 g/mol. The zero-order valence-corrected chi connectivity index (χ0v) is 14.5. The van der Waals surface area contributed by atoms with Gasteiger partial charge in [0.25, 0.3) is 0 Å². The Morgan fingerprint density at radius 2 is 2.12 bits per heavy atom. The van der Waals surface area contributed by atoms with Crippen molar-refractivity contribution in [2.45, 2.75) is 43.2 Å². The third-order valence-electron chi connectivity index (χ3n) is 6.63. The Hall–Kier alpha value is -1.59. The van der Waals surface area contributed by atoms with Crippen LogP contribution in [0.1, 0.15) is 30.4 Å². The summed E-state index contributed by atoms with van der Waals surface area (Å²) in [6.07, 6.45) is 2.67. The zero-order chi connectivity index (χ0) is 17.1.